The number of rotatable bonds is 2. The van der Waals surface area contributed by atoms with Crippen molar-refractivity contribution in [3.05, 3.63) is 47.7 Å². The fourth-order valence-electron chi connectivity index (χ4n) is 0.876. The van der Waals surface area contributed by atoms with Crippen LogP contribution in [0.3, 0.4) is 0 Å². The second-order valence-electron chi connectivity index (χ2n) is 2.53. The van der Waals surface area contributed by atoms with Crippen molar-refractivity contribution in [2.45, 2.75) is 6.92 Å². The molecule has 1 rings (SSSR count). The molecule has 0 bridgehead atoms. The van der Waals surface area contributed by atoms with E-state index < -0.39 is 0 Å². The van der Waals surface area contributed by atoms with Crippen LogP contribution in [0.5, 0.6) is 0 Å². The number of allylic oxidation sites excluding steroid dienone is 1. The Kier molecular flexibility index (Phi) is 5.71. The van der Waals surface area contributed by atoms with Gasteiger partial charge in [0, 0.05) is 5.56 Å². The molecule has 0 unspecified atom stereocenters. The summed E-state index contributed by atoms with van der Waals surface area (Å²) in [6, 6.07) is 7.09. The van der Waals surface area contributed by atoms with Crippen LogP contribution in [-0.2, 0) is 0 Å². The molecule has 0 aliphatic heterocycles. The molecular formula is C10H9NaO2. The van der Waals surface area contributed by atoms with Gasteiger partial charge in [-0.25, -0.2) is 0 Å². The van der Waals surface area contributed by atoms with Gasteiger partial charge < -0.3 is 5.11 Å². The van der Waals surface area contributed by atoms with Crippen LogP contribution in [0.1, 0.15) is 15.9 Å². The Balaban J connectivity index is 0.00000144. The minimum absolute atomic E-state index is 0. The molecule has 0 aliphatic rings. The van der Waals surface area contributed by atoms with Crippen LogP contribution in [-0.4, -0.2) is 5.78 Å². The second-order valence-corrected chi connectivity index (χ2v) is 2.53. The Morgan fingerprint density at radius 3 is 2.31 bits per heavy atom. The monoisotopic (exact) mass is 184 g/mol. The first-order valence-corrected chi connectivity index (χ1v) is 3.63. The van der Waals surface area contributed by atoms with Gasteiger partial charge in [-0.05, 0) is 13.0 Å². The van der Waals surface area contributed by atoms with E-state index in [2.05, 4.69) is 0 Å². The molecule has 0 radical (unpaired) electrons. The number of carbonyl (C=O) groups excluding carboxylic acids is 1. The fourth-order valence-corrected chi connectivity index (χ4v) is 0.876. The third kappa shape index (κ3) is 3.77. The van der Waals surface area contributed by atoms with Gasteiger partial charge in [0.1, 0.15) is 0 Å². The van der Waals surface area contributed by atoms with Crippen LogP contribution >= 0.6 is 0 Å². The average molecular weight is 184 g/mol. The van der Waals surface area contributed by atoms with Crippen molar-refractivity contribution in [3.63, 3.8) is 0 Å². The number of ketones is 1. The van der Waals surface area contributed by atoms with Gasteiger partial charge in [0.25, 0.3) is 0 Å². The largest absolute Gasteiger partial charge is 1.00 e. The van der Waals surface area contributed by atoms with Gasteiger partial charge >= 0.3 is 29.6 Å². The molecule has 0 spiro atoms. The van der Waals surface area contributed by atoms with E-state index in [1.807, 2.05) is 19.1 Å². The summed E-state index contributed by atoms with van der Waals surface area (Å²) in [5.74, 6) is -0.245. The van der Waals surface area contributed by atoms with E-state index in [0.717, 1.165) is 11.6 Å². The smallest absolute Gasteiger partial charge is 0.878 e. The Labute approximate surface area is 99.6 Å². The van der Waals surface area contributed by atoms with Crippen molar-refractivity contribution in [2.75, 3.05) is 0 Å². The van der Waals surface area contributed by atoms with E-state index >= 15 is 0 Å². The number of carbonyl (C=O) groups is 1. The van der Waals surface area contributed by atoms with Crippen LogP contribution in [0.2, 0.25) is 0 Å². The van der Waals surface area contributed by atoms with Gasteiger partial charge in [0.15, 0.2) is 5.78 Å². The van der Waals surface area contributed by atoms with E-state index in [-0.39, 0.29) is 35.3 Å². The molecule has 0 N–H and O–H groups in total. The Morgan fingerprint density at radius 2 is 1.85 bits per heavy atom. The summed E-state index contributed by atoms with van der Waals surface area (Å²) in [6.45, 7) is 1.94. The molecule has 0 aromatic heterocycles. The third-order valence-electron chi connectivity index (χ3n) is 1.56. The van der Waals surface area contributed by atoms with Gasteiger partial charge in [-0.2, -0.15) is 0 Å². The van der Waals surface area contributed by atoms with Gasteiger partial charge in [0.2, 0.25) is 0 Å². The number of hydrogen-bond acceptors (Lipinski definition) is 2. The van der Waals surface area contributed by atoms with Crippen LogP contribution < -0.4 is 34.7 Å². The zero-order valence-corrected chi connectivity index (χ0v) is 9.78. The molecule has 0 aliphatic carbocycles. The molecule has 3 heteroatoms. The molecular weight excluding hydrogens is 175 g/mol. The predicted molar refractivity (Wildman–Crippen MR) is 44.6 cm³/mol. The van der Waals surface area contributed by atoms with Gasteiger partial charge in [-0.1, -0.05) is 29.8 Å². The van der Waals surface area contributed by atoms with E-state index in [1.165, 1.54) is 0 Å². The number of benzene rings is 1. The van der Waals surface area contributed by atoms with Gasteiger partial charge in [-0.15, -0.1) is 6.26 Å². The number of aryl methyl sites for hydroxylation is 1. The minimum Gasteiger partial charge on any atom is -0.878 e. The minimum atomic E-state index is -0.245. The van der Waals surface area contributed by atoms with Crippen LogP contribution in [0.15, 0.2) is 36.6 Å². The molecule has 2 nitrogen and oxygen atoms in total. The van der Waals surface area contributed by atoms with Crippen LogP contribution in [0, 0.1) is 6.92 Å². The summed E-state index contributed by atoms with van der Waals surface area (Å²) in [7, 11) is 0. The van der Waals surface area contributed by atoms with E-state index in [1.54, 1.807) is 12.1 Å². The second kappa shape index (κ2) is 5.97. The maximum Gasteiger partial charge on any atom is 1.00 e. The van der Waals surface area contributed by atoms with Crippen molar-refractivity contribution in [1.82, 2.24) is 0 Å². The first-order valence-electron chi connectivity index (χ1n) is 3.63. The normalized spacial score (nSPS) is 9.62. The molecule has 0 amide bonds. The molecule has 0 atom stereocenters. The van der Waals surface area contributed by atoms with Crippen molar-refractivity contribution in [1.29, 1.82) is 0 Å². The topological polar surface area (TPSA) is 40.1 Å². The van der Waals surface area contributed by atoms with Gasteiger partial charge in [0.05, 0.1) is 0 Å². The van der Waals surface area contributed by atoms with E-state index in [9.17, 15) is 9.90 Å². The van der Waals surface area contributed by atoms with E-state index in [0.29, 0.717) is 11.8 Å². The molecule has 1 aromatic carbocycles. The van der Waals surface area contributed by atoms with Crippen LogP contribution in [0.4, 0.5) is 0 Å². The van der Waals surface area contributed by atoms with Gasteiger partial charge in [-0.3, -0.25) is 4.79 Å². The third-order valence-corrected chi connectivity index (χ3v) is 1.56. The molecule has 1 aromatic rings. The standard InChI is InChI=1S/C10H10O2.Na/c1-8-2-4-9(5-3-8)10(12)6-7-11;/h2-7,11H,1H3;/q;+1/p-1. The summed E-state index contributed by atoms with van der Waals surface area (Å²) < 4.78 is 0. The molecule has 13 heavy (non-hydrogen) atoms. The molecule has 0 heterocycles. The molecule has 0 fully saturated rings. The van der Waals surface area contributed by atoms with Crippen LogP contribution in [0.25, 0.3) is 0 Å². The Morgan fingerprint density at radius 1 is 1.31 bits per heavy atom. The maximum absolute atomic E-state index is 11.1. The summed E-state index contributed by atoms with van der Waals surface area (Å²) in [6.07, 6.45) is 1.52. The summed E-state index contributed by atoms with van der Waals surface area (Å²) >= 11 is 0. The average Bonchev–Trinajstić information content (AvgIpc) is 2.06. The Hall–Kier alpha value is -0.570. The van der Waals surface area contributed by atoms with Crippen molar-refractivity contribution < 1.29 is 39.5 Å². The zero-order chi connectivity index (χ0) is 8.97. The van der Waals surface area contributed by atoms with E-state index in [4.69, 9.17) is 0 Å². The first-order chi connectivity index (χ1) is 5.74. The van der Waals surface area contributed by atoms with Crippen molar-refractivity contribution in [2.24, 2.45) is 0 Å². The quantitative estimate of drug-likeness (QED) is 0.232. The van der Waals surface area contributed by atoms with Crippen molar-refractivity contribution in [3.8, 4) is 0 Å². The molecule has 62 valence electrons. The Bertz CT molecular complexity index is 301. The predicted octanol–water partition coefficient (Wildman–Crippen LogP) is -1.94. The SMILES string of the molecule is Cc1ccc(C(=O)C=C[O-])cc1.[Na+]. The zero-order valence-electron chi connectivity index (χ0n) is 7.78. The maximum atomic E-state index is 11.1. The number of hydrogen-bond donors (Lipinski definition) is 0. The summed E-state index contributed by atoms with van der Waals surface area (Å²) in [5.41, 5.74) is 1.64. The van der Waals surface area contributed by atoms with Crippen molar-refractivity contribution >= 4 is 5.78 Å². The fraction of sp³-hybridized carbons (Fsp3) is 0.100. The molecule has 0 saturated carbocycles. The molecule has 0 saturated heterocycles. The summed E-state index contributed by atoms with van der Waals surface area (Å²) in [5, 5.41) is 9.98. The first kappa shape index (κ1) is 12.4. The summed E-state index contributed by atoms with van der Waals surface area (Å²) in [4.78, 5) is 11.1.